The number of nitrogens with zero attached hydrogens (tertiary/aromatic N) is 2. The Bertz CT molecular complexity index is 508. The summed E-state index contributed by atoms with van der Waals surface area (Å²) in [5.41, 5.74) is 0. The molecule has 1 saturated carbocycles. The van der Waals surface area contributed by atoms with Gasteiger partial charge < -0.3 is 10.2 Å². The monoisotopic (exact) mass is 343 g/mol. The number of guanidine groups is 1. The fraction of sp³-hybridized carbons (Fsp3) is 0.941. The van der Waals surface area contributed by atoms with Gasteiger partial charge in [-0.25, -0.2) is 8.42 Å². The minimum atomic E-state index is -3.00. The number of hydrogen-bond acceptors (Lipinski definition) is 3. The fourth-order valence-corrected chi connectivity index (χ4v) is 4.95. The van der Waals surface area contributed by atoms with Gasteiger partial charge in [0, 0.05) is 26.2 Å². The standard InChI is InChI=1S/C17H33N3O2S/c1-4-18-16(19-11-10-15-8-6-5-7-9-15)20-12-13-23(21,22)17(2,3)14-20/h15H,4-14H2,1-3H3,(H,18,19). The summed E-state index contributed by atoms with van der Waals surface area (Å²) in [7, 11) is -3.00. The first-order valence-corrected chi connectivity index (χ1v) is 10.8. The van der Waals surface area contributed by atoms with Gasteiger partial charge in [0.2, 0.25) is 0 Å². The van der Waals surface area contributed by atoms with Gasteiger partial charge in [0.15, 0.2) is 15.8 Å². The van der Waals surface area contributed by atoms with Gasteiger partial charge in [-0.3, -0.25) is 4.99 Å². The van der Waals surface area contributed by atoms with Gasteiger partial charge in [-0.05, 0) is 33.1 Å². The average Bonchev–Trinajstić information content (AvgIpc) is 2.50. The molecular weight excluding hydrogens is 310 g/mol. The predicted octanol–water partition coefficient (Wildman–Crippen LogP) is 2.43. The zero-order valence-corrected chi connectivity index (χ0v) is 15.8. The molecule has 0 atom stereocenters. The molecule has 0 bridgehead atoms. The molecule has 1 aliphatic carbocycles. The zero-order valence-electron chi connectivity index (χ0n) is 15.0. The van der Waals surface area contributed by atoms with Crippen molar-refractivity contribution in [3.63, 3.8) is 0 Å². The van der Waals surface area contributed by atoms with Crippen LogP contribution in [0.4, 0.5) is 0 Å². The first kappa shape index (κ1) is 18.6. The minimum Gasteiger partial charge on any atom is -0.357 e. The summed E-state index contributed by atoms with van der Waals surface area (Å²) in [5.74, 6) is 1.92. The number of aliphatic imine (C=N–C) groups is 1. The van der Waals surface area contributed by atoms with Gasteiger partial charge in [-0.1, -0.05) is 32.1 Å². The highest BCUT2D eigenvalue weighted by atomic mass is 32.2. The molecule has 0 unspecified atom stereocenters. The van der Waals surface area contributed by atoms with Crippen LogP contribution < -0.4 is 5.32 Å². The van der Waals surface area contributed by atoms with Crippen LogP contribution >= 0.6 is 0 Å². The fourth-order valence-electron chi connectivity index (χ4n) is 3.58. The zero-order chi connectivity index (χ0) is 16.9. The van der Waals surface area contributed by atoms with E-state index in [0.29, 0.717) is 13.1 Å². The van der Waals surface area contributed by atoms with E-state index in [9.17, 15) is 8.42 Å². The maximum Gasteiger partial charge on any atom is 0.193 e. The van der Waals surface area contributed by atoms with E-state index < -0.39 is 14.6 Å². The lowest BCUT2D eigenvalue weighted by atomic mass is 9.87. The van der Waals surface area contributed by atoms with Gasteiger partial charge >= 0.3 is 0 Å². The Kier molecular flexibility index (Phi) is 6.34. The van der Waals surface area contributed by atoms with E-state index in [1.807, 2.05) is 13.8 Å². The largest absolute Gasteiger partial charge is 0.357 e. The Labute approximate surface area is 141 Å². The topological polar surface area (TPSA) is 61.8 Å². The van der Waals surface area contributed by atoms with Gasteiger partial charge in [-0.15, -0.1) is 0 Å². The van der Waals surface area contributed by atoms with Crippen molar-refractivity contribution in [1.29, 1.82) is 0 Å². The van der Waals surface area contributed by atoms with Gasteiger partial charge in [-0.2, -0.15) is 0 Å². The van der Waals surface area contributed by atoms with Crippen molar-refractivity contribution in [1.82, 2.24) is 10.2 Å². The Morgan fingerprint density at radius 3 is 2.57 bits per heavy atom. The smallest absolute Gasteiger partial charge is 0.193 e. The molecule has 1 N–H and O–H groups in total. The van der Waals surface area contributed by atoms with Gasteiger partial charge in [0.05, 0.1) is 10.5 Å². The van der Waals surface area contributed by atoms with Crippen LogP contribution in [0.15, 0.2) is 4.99 Å². The minimum absolute atomic E-state index is 0.215. The van der Waals surface area contributed by atoms with Crippen LogP contribution in [0.3, 0.4) is 0 Å². The molecule has 134 valence electrons. The SMILES string of the molecule is CCNC(=NCCC1CCCCC1)N1CCS(=O)(=O)C(C)(C)C1. The summed E-state index contributed by atoms with van der Waals surface area (Å²) in [5, 5.41) is 3.34. The quantitative estimate of drug-likeness (QED) is 0.629. The van der Waals surface area contributed by atoms with Crippen molar-refractivity contribution >= 4 is 15.8 Å². The molecule has 0 aromatic carbocycles. The van der Waals surface area contributed by atoms with Gasteiger partial charge in [0.25, 0.3) is 0 Å². The second-order valence-electron chi connectivity index (χ2n) is 7.53. The van der Waals surface area contributed by atoms with E-state index in [-0.39, 0.29) is 5.75 Å². The molecule has 0 radical (unpaired) electrons. The van der Waals surface area contributed by atoms with Crippen LogP contribution in [0.25, 0.3) is 0 Å². The van der Waals surface area contributed by atoms with E-state index in [0.717, 1.165) is 31.4 Å². The van der Waals surface area contributed by atoms with Gasteiger partial charge in [0.1, 0.15) is 0 Å². The highest BCUT2D eigenvalue weighted by Crippen LogP contribution is 2.26. The number of sulfone groups is 1. The summed E-state index contributed by atoms with van der Waals surface area (Å²) >= 11 is 0. The Hall–Kier alpha value is -0.780. The van der Waals surface area contributed by atoms with Crippen LogP contribution in [0.5, 0.6) is 0 Å². The van der Waals surface area contributed by atoms with Crippen molar-refractivity contribution in [3.05, 3.63) is 0 Å². The van der Waals surface area contributed by atoms with Crippen LogP contribution in [-0.2, 0) is 9.84 Å². The molecule has 2 rings (SSSR count). The summed E-state index contributed by atoms with van der Waals surface area (Å²) in [4.78, 5) is 6.90. The molecule has 1 saturated heterocycles. The summed E-state index contributed by atoms with van der Waals surface area (Å²) < 4.78 is 23.6. The van der Waals surface area contributed by atoms with E-state index in [1.165, 1.54) is 32.1 Å². The molecule has 0 spiro atoms. The molecule has 5 nitrogen and oxygen atoms in total. The highest BCUT2D eigenvalue weighted by molar-refractivity contribution is 7.92. The van der Waals surface area contributed by atoms with E-state index in [2.05, 4.69) is 17.1 Å². The van der Waals surface area contributed by atoms with Crippen molar-refractivity contribution in [3.8, 4) is 0 Å². The second kappa shape index (κ2) is 7.86. The van der Waals surface area contributed by atoms with Crippen molar-refractivity contribution in [2.75, 3.05) is 31.9 Å². The normalized spacial score (nSPS) is 25.3. The molecule has 0 aromatic heterocycles. The molecule has 2 aliphatic rings. The Morgan fingerprint density at radius 2 is 1.96 bits per heavy atom. The third kappa shape index (κ3) is 4.85. The van der Waals surface area contributed by atoms with Crippen molar-refractivity contribution in [2.24, 2.45) is 10.9 Å². The molecule has 0 aromatic rings. The second-order valence-corrected chi connectivity index (χ2v) is 10.3. The molecule has 1 heterocycles. The van der Waals surface area contributed by atoms with Crippen LogP contribution in [0.2, 0.25) is 0 Å². The molecular formula is C17H33N3O2S. The maximum atomic E-state index is 12.2. The summed E-state index contributed by atoms with van der Waals surface area (Å²) in [6.45, 7) is 8.41. The Morgan fingerprint density at radius 1 is 1.26 bits per heavy atom. The molecule has 23 heavy (non-hydrogen) atoms. The third-order valence-electron chi connectivity index (χ3n) is 5.20. The Balaban J connectivity index is 1.95. The van der Waals surface area contributed by atoms with Crippen molar-refractivity contribution < 1.29 is 8.42 Å². The maximum absolute atomic E-state index is 12.2. The van der Waals surface area contributed by atoms with Crippen LogP contribution in [-0.4, -0.2) is 56.0 Å². The highest BCUT2D eigenvalue weighted by Gasteiger charge is 2.40. The third-order valence-corrected chi connectivity index (χ3v) is 7.73. The lowest BCUT2D eigenvalue weighted by Gasteiger charge is -2.39. The first-order valence-electron chi connectivity index (χ1n) is 9.11. The number of rotatable bonds is 4. The first-order chi connectivity index (χ1) is 10.9. The predicted molar refractivity (Wildman–Crippen MR) is 96.6 cm³/mol. The molecule has 0 amide bonds. The lowest BCUT2D eigenvalue weighted by molar-refractivity contribution is 0.337. The van der Waals surface area contributed by atoms with E-state index in [1.54, 1.807) is 0 Å². The lowest BCUT2D eigenvalue weighted by Crippen LogP contribution is -2.57. The number of hydrogen-bond donors (Lipinski definition) is 1. The van der Waals surface area contributed by atoms with E-state index in [4.69, 9.17) is 4.99 Å². The molecule has 1 aliphatic heterocycles. The summed E-state index contributed by atoms with van der Waals surface area (Å²) in [6, 6.07) is 0. The molecule has 6 heteroatoms. The van der Waals surface area contributed by atoms with Crippen LogP contribution in [0.1, 0.15) is 59.3 Å². The number of nitrogens with one attached hydrogen (secondary N) is 1. The van der Waals surface area contributed by atoms with E-state index >= 15 is 0 Å². The average molecular weight is 344 g/mol. The van der Waals surface area contributed by atoms with Crippen molar-refractivity contribution in [2.45, 2.75) is 64.0 Å². The molecule has 2 fully saturated rings. The summed E-state index contributed by atoms with van der Waals surface area (Å²) in [6.07, 6.45) is 7.98. The van der Waals surface area contributed by atoms with Crippen LogP contribution in [0, 0.1) is 5.92 Å².